The maximum Gasteiger partial charge on any atom is 0.258 e. The molecule has 2 aliphatic heterocycles. The van der Waals surface area contributed by atoms with E-state index in [0.29, 0.717) is 42.5 Å². The van der Waals surface area contributed by atoms with Crippen LogP contribution in [0.4, 0.5) is 11.5 Å². The number of hydrogen-bond acceptors (Lipinski definition) is 7. The molecule has 214 valence electrons. The van der Waals surface area contributed by atoms with Gasteiger partial charge in [0.05, 0.1) is 16.8 Å². The van der Waals surface area contributed by atoms with E-state index in [1.165, 1.54) is 0 Å². The summed E-state index contributed by atoms with van der Waals surface area (Å²) in [4.78, 5) is 47.9. The summed E-state index contributed by atoms with van der Waals surface area (Å²) >= 11 is 0. The number of carbonyl (C=O) groups is 3. The first kappa shape index (κ1) is 28.1. The fourth-order valence-electron chi connectivity index (χ4n) is 5.27. The van der Waals surface area contributed by atoms with Gasteiger partial charge in [-0.1, -0.05) is 6.58 Å². The van der Waals surface area contributed by atoms with E-state index in [-0.39, 0.29) is 16.9 Å². The molecule has 0 aliphatic carbocycles. The highest BCUT2D eigenvalue weighted by Crippen LogP contribution is 2.37. The van der Waals surface area contributed by atoms with Gasteiger partial charge < -0.3 is 35.9 Å². The third kappa shape index (κ3) is 6.16. The number of carbonyl (C=O) groups excluding carboxylic acids is 3. The van der Waals surface area contributed by atoms with Crippen molar-refractivity contribution in [2.75, 3.05) is 57.5 Å². The molecule has 2 aromatic heterocycles. The number of pyridine rings is 1. The van der Waals surface area contributed by atoms with Crippen LogP contribution < -0.4 is 26.0 Å². The molecule has 1 atom stereocenters. The Bertz CT molecular complexity index is 1470. The van der Waals surface area contributed by atoms with Gasteiger partial charge in [0.15, 0.2) is 0 Å². The normalized spacial score (nSPS) is 18.0. The number of nitrogens with zero attached hydrogens (tertiary/aromatic N) is 2. The lowest BCUT2D eigenvalue weighted by Gasteiger charge is -2.40. The highest BCUT2D eigenvalue weighted by molar-refractivity contribution is 6.11. The summed E-state index contributed by atoms with van der Waals surface area (Å²) in [5, 5.41) is 12.0. The minimum absolute atomic E-state index is 0.0930. The first-order chi connectivity index (χ1) is 19.8. The molecule has 1 aromatic carbocycles. The second kappa shape index (κ2) is 11.9. The van der Waals surface area contributed by atoms with Crippen molar-refractivity contribution < 1.29 is 19.1 Å². The zero-order valence-corrected chi connectivity index (χ0v) is 23.3. The van der Waals surface area contributed by atoms with E-state index < -0.39 is 11.8 Å². The SMILES string of the molecule is C=CC(=O)Nc1cc(OCCN(C)C)ccc1C(=O)Nc1cc(-c2cc3c([nH]2)C2(CCCNC2)CNC3=O)ccn1. The molecule has 1 spiro atoms. The standard InChI is InChI=1S/C30H35N7O4/c1-4-26(38)34-24-15-20(41-13-12-37(2)3)6-7-21(24)29(40)36-25-14-19(8-11-32-25)23-16-22-27(35-23)30(18-33-28(22)39)9-5-10-31-17-30/h4,6-8,11,14-16,31,35H,1,5,9-10,12-13,17-18H2,2-3H3,(H,33,39)(H,34,38)(H,32,36,40). The van der Waals surface area contributed by atoms with Crippen LogP contribution in [-0.4, -0.2) is 79.5 Å². The zero-order valence-electron chi connectivity index (χ0n) is 23.3. The summed E-state index contributed by atoms with van der Waals surface area (Å²) in [6.45, 7) is 7.01. The summed E-state index contributed by atoms with van der Waals surface area (Å²) < 4.78 is 5.78. The van der Waals surface area contributed by atoms with Crippen molar-refractivity contribution in [2.45, 2.75) is 18.3 Å². The van der Waals surface area contributed by atoms with E-state index in [9.17, 15) is 14.4 Å². The molecule has 1 saturated heterocycles. The van der Waals surface area contributed by atoms with Crippen molar-refractivity contribution in [1.82, 2.24) is 25.5 Å². The van der Waals surface area contributed by atoms with Crippen LogP contribution in [0.5, 0.6) is 5.75 Å². The van der Waals surface area contributed by atoms with Gasteiger partial charge in [0, 0.05) is 54.3 Å². The monoisotopic (exact) mass is 557 g/mol. The number of ether oxygens (including phenoxy) is 1. The molecular formula is C30H35N7O4. The quantitative estimate of drug-likeness (QED) is 0.255. The fourth-order valence-corrected chi connectivity index (χ4v) is 5.27. The number of hydrogen-bond donors (Lipinski definition) is 5. The van der Waals surface area contributed by atoms with Crippen molar-refractivity contribution in [2.24, 2.45) is 0 Å². The molecule has 3 aromatic rings. The van der Waals surface area contributed by atoms with Crippen molar-refractivity contribution in [3.63, 3.8) is 0 Å². The second-order valence-corrected chi connectivity index (χ2v) is 10.7. The van der Waals surface area contributed by atoms with Gasteiger partial charge in [-0.3, -0.25) is 14.4 Å². The summed E-state index contributed by atoms with van der Waals surface area (Å²) in [7, 11) is 3.89. The molecule has 0 saturated carbocycles. The molecule has 4 heterocycles. The lowest BCUT2D eigenvalue weighted by molar-refractivity contribution is -0.111. The molecule has 1 fully saturated rings. The highest BCUT2D eigenvalue weighted by atomic mass is 16.5. The van der Waals surface area contributed by atoms with Crippen LogP contribution in [0.3, 0.4) is 0 Å². The Balaban J connectivity index is 1.38. The fraction of sp³-hybridized carbons (Fsp3) is 0.333. The van der Waals surface area contributed by atoms with E-state index in [2.05, 4.69) is 37.8 Å². The topological polar surface area (TPSA) is 140 Å². The van der Waals surface area contributed by atoms with Gasteiger partial charge in [0.25, 0.3) is 11.8 Å². The molecule has 3 amide bonds. The van der Waals surface area contributed by atoms with Crippen molar-refractivity contribution >= 4 is 29.2 Å². The Morgan fingerprint density at radius 2 is 2.02 bits per heavy atom. The lowest BCUT2D eigenvalue weighted by Crippen LogP contribution is -2.54. The van der Waals surface area contributed by atoms with Crippen LogP contribution in [-0.2, 0) is 10.2 Å². The van der Waals surface area contributed by atoms with Crippen LogP contribution in [0.25, 0.3) is 11.3 Å². The predicted molar refractivity (Wildman–Crippen MR) is 157 cm³/mol. The third-order valence-electron chi connectivity index (χ3n) is 7.45. The number of aromatic amines is 1. The van der Waals surface area contributed by atoms with E-state index in [0.717, 1.165) is 49.0 Å². The van der Waals surface area contributed by atoms with Crippen LogP contribution in [0, 0.1) is 0 Å². The van der Waals surface area contributed by atoms with Gasteiger partial charge in [-0.25, -0.2) is 4.98 Å². The number of rotatable bonds is 9. The zero-order chi connectivity index (χ0) is 29.0. The Hall–Kier alpha value is -4.48. The second-order valence-electron chi connectivity index (χ2n) is 10.7. The Morgan fingerprint density at radius 1 is 1.17 bits per heavy atom. The van der Waals surface area contributed by atoms with Crippen LogP contribution in [0.15, 0.2) is 55.3 Å². The molecule has 1 unspecified atom stereocenters. The molecule has 41 heavy (non-hydrogen) atoms. The average molecular weight is 558 g/mol. The summed E-state index contributed by atoms with van der Waals surface area (Å²) in [6.07, 6.45) is 4.75. The molecule has 5 rings (SSSR count). The van der Waals surface area contributed by atoms with Crippen LogP contribution in [0.1, 0.15) is 39.3 Å². The number of anilines is 2. The summed E-state index contributed by atoms with van der Waals surface area (Å²) in [6, 6.07) is 10.3. The predicted octanol–water partition coefficient (Wildman–Crippen LogP) is 2.76. The number of aromatic nitrogens is 2. The van der Waals surface area contributed by atoms with Crippen LogP contribution in [0.2, 0.25) is 0 Å². The Morgan fingerprint density at radius 3 is 2.78 bits per heavy atom. The smallest absolute Gasteiger partial charge is 0.258 e. The average Bonchev–Trinajstić information content (AvgIpc) is 3.43. The number of amides is 3. The highest BCUT2D eigenvalue weighted by Gasteiger charge is 2.42. The number of fused-ring (bicyclic) bond motifs is 2. The minimum atomic E-state index is -0.453. The lowest BCUT2D eigenvalue weighted by atomic mass is 9.74. The number of piperidine rings is 1. The van der Waals surface area contributed by atoms with Crippen molar-refractivity contribution in [3.05, 3.63) is 72.1 Å². The number of benzene rings is 1. The maximum absolute atomic E-state index is 13.3. The van der Waals surface area contributed by atoms with E-state index in [1.54, 1.807) is 30.5 Å². The molecule has 0 radical (unpaired) electrons. The Kier molecular flexibility index (Phi) is 8.18. The molecule has 2 aliphatic rings. The number of H-pyrrole nitrogens is 1. The summed E-state index contributed by atoms with van der Waals surface area (Å²) in [5.41, 5.74) is 3.51. The van der Waals surface area contributed by atoms with Gasteiger partial charge in [0.2, 0.25) is 5.91 Å². The van der Waals surface area contributed by atoms with Gasteiger partial charge in [0.1, 0.15) is 18.2 Å². The first-order valence-electron chi connectivity index (χ1n) is 13.6. The minimum Gasteiger partial charge on any atom is -0.492 e. The number of likely N-dealkylation sites (N-methyl/N-ethyl adjacent to an activating group) is 1. The van der Waals surface area contributed by atoms with Crippen molar-refractivity contribution in [3.8, 4) is 17.0 Å². The summed E-state index contributed by atoms with van der Waals surface area (Å²) in [5.74, 6) is -0.148. The van der Waals surface area contributed by atoms with E-state index in [1.807, 2.05) is 31.1 Å². The maximum atomic E-state index is 13.3. The molecular weight excluding hydrogens is 522 g/mol. The van der Waals surface area contributed by atoms with E-state index in [4.69, 9.17) is 4.74 Å². The molecule has 11 nitrogen and oxygen atoms in total. The van der Waals surface area contributed by atoms with E-state index >= 15 is 0 Å². The number of nitrogens with one attached hydrogen (secondary N) is 5. The molecule has 11 heteroatoms. The third-order valence-corrected chi connectivity index (χ3v) is 7.45. The van der Waals surface area contributed by atoms with Gasteiger partial charge >= 0.3 is 0 Å². The van der Waals surface area contributed by atoms with Crippen LogP contribution >= 0.6 is 0 Å². The van der Waals surface area contributed by atoms with Gasteiger partial charge in [-0.15, -0.1) is 0 Å². The van der Waals surface area contributed by atoms with Gasteiger partial charge in [-0.05, 0) is 69.9 Å². The Labute approximate surface area is 238 Å². The molecule has 0 bridgehead atoms. The molecule has 5 N–H and O–H groups in total. The first-order valence-corrected chi connectivity index (χ1v) is 13.6. The van der Waals surface area contributed by atoms with Gasteiger partial charge in [-0.2, -0.15) is 0 Å². The van der Waals surface area contributed by atoms with Crippen molar-refractivity contribution in [1.29, 1.82) is 0 Å². The largest absolute Gasteiger partial charge is 0.492 e.